The van der Waals surface area contributed by atoms with Crippen LogP contribution < -0.4 is 4.90 Å². The molecule has 2 aromatic rings. The summed E-state index contributed by atoms with van der Waals surface area (Å²) < 4.78 is 0. The van der Waals surface area contributed by atoms with Crippen LogP contribution in [0.5, 0.6) is 0 Å². The first-order chi connectivity index (χ1) is 12.9. The smallest absolute Gasteiger partial charge is 0.258 e. The summed E-state index contributed by atoms with van der Waals surface area (Å²) in [6.07, 6.45) is 3.14. The lowest BCUT2D eigenvalue weighted by molar-refractivity contribution is -0.130. The summed E-state index contributed by atoms with van der Waals surface area (Å²) in [5, 5.41) is 0.272. The van der Waals surface area contributed by atoms with Gasteiger partial charge in [0.1, 0.15) is 16.9 Å². The number of anilines is 1. The molecule has 1 aliphatic rings. The van der Waals surface area contributed by atoms with Crippen LogP contribution in [0.1, 0.15) is 35.2 Å². The Bertz CT molecular complexity index is 813. The van der Waals surface area contributed by atoms with Gasteiger partial charge in [-0.3, -0.25) is 14.5 Å². The maximum Gasteiger partial charge on any atom is 0.258 e. The molecule has 1 saturated heterocycles. The van der Waals surface area contributed by atoms with Crippen molar-refractivity contribution >= 4 is 40.7 Å². The molecule has 1 aromatic carbocycles. The molecule has 5 nitrogen and oxygen atoms in total. The predicted molar refractivity (Wildman–Crippen MR) is 108 cm³/mol. The minimum absolute atomic E-state index is 0.0283. The highest BCUT2D eigenvalue weighted by Crippen LogP contribution is 2.22. The fourth-order valence-electron chi connectivity index (χ4n) is 3.13. The molecule has 27 heavy (non-hydrogen) atoms. The van der Waals surface area contributed by atoms with E-state index in [2.05, 4.69) is 4.98 Å². The van der Waals surface area contributed by atoms with E-state index in [0.29, 0.717) is 11.3 Å². The van der Waals surface area contributed by atoms with E-state index in [1.54, 1.807) is 0 Å². The highest BCUT2D eigenvalue weighted by atomic mass is 35.5. The summed E-state index contributed by atoms with van der Waals surface area (Å²) >= 11 is 11.9. The highest BCUT2D eigenvalue weighted by molar-refractivity contribution is 6.33. The van der Waals surface area contributed by atoms with Crippen LogP contribution in [0.3, 0.4) is 0 Å². The molecule has 3 rings (SSSR count). The molecule has 0 unspecified atom stereocenters. The highest BCUT2D eigenvalue weighted by Gasteiger charge is 2.25. The van der Waals surface area contributed by atoms with Crippen molar-refractivity contribution in [2.24, 2.45) is 0 Å². The predicted octanol–water partition coefficient (Wildman–Crippen LogP) is 4.36. The zero-order valence-electron chi connectivity index (χ0n) is 15.1. The van der Waals surface area contributed by atoms with Gasteiger partial charge >= 0.3 is 0 Å². The number of hydrogen-bond donors (Lipinski definition) is 0. The first kappa shape index (κ1) is 19.6. The van der Waals surface area contributed by atoms with Crippen LogP contribution in [0.25, 0.3) is 0 Å². The summed E-state index contributed by atoms with van der Waals surface area (Å²) in [5.41, 5.74) is 2.02. The van der Waals surface area contributed by atoms with Crippen LogP contribution in [0.4, 0.5) is 5.69 Å². The second kappa shape index (κ2) is 8.72. The average molecular weight is 406 g/mol. The van der Waals surface area contributed by atoms with E-state index < -0.39 is 0 Å². The Labute approximate surface area is 168 Å². The van der Waals surface area contributed by atoms with Crippen molar-refractivity contribution < 1.29 is 9.59 Å². The van der Waals surface area contributed by atoms with Gasteiger partial charge in [0, 0.05) is 24.3 Å². The summed E-state index contributed by atoms with van der Waals surface area (Å²) in [6, 6.07) is 10.4. The number of carbonyl (C=O) groups is 2. The Kier molecular flexibility index (Phi) is 6.34. The second-order valence-corrected chi connectivity index (χ2v) is 7.44. The van der Waals surface area contributed by atoms with E-state index >= 15 is 0 Å². The van der Waals surface area contributed by atoms with Gasteiger partial charge in [0.15, 0.2) is 0 Å². The molecule has 1 fully saturated rings. The first-order valence-corrected chi connectivity index (χ1v) is 9.69. The number of hydrogen-bond acceptors (Lipinski definition) is 3. The Morgan fingerprint density at radius 3 is 2.22 bits per heavy atom. The van der Waals surface area contributed by atoms with E-state index in [-0.39, 0.29) is 28.7 Å². The van der Waals surface area contributed by atoms with Gasteiger partial charge in [0.25, 0.3) is 5.91 Å². The van der Waals surface area contributed by atoms with Crippen LogP contribution in [0, 0.1) is 6.92 Å². The minimum atomic E-state index is -0.338. The topological polar surface area (TPSA) is 53.5 Å². The third-order valence-electron chi connectivity index (χ3n) is 4.60. The van der Waals surface area contributed by atoms with Crippen LogP contribution in [0.15, 0.2) is 36.4 Å². The molecular formula is C20H21Cl2N3O2. The maximum atomic E-state index is 13.2. The van der Waals surface area contributed by atoms with Gasteiger partial charge in [-0.05, 0) is 50.5 Å². The largest absolute Gasteiger partial charge is 0.341 e. The SMILES string of the molecule is Cc1ccc(N(CC(=O)N2CCCCC2)C(=O)c2cc(Cl)nc(Cl)c2)cc1. The molecule has 1 aliphatic heterocycles. The van der Waals surface area contributed by atoms with Crippen molar-refractivity contribution in [3.05, 3.63) is 57.8 Å². The Morgan fingerprint density at radius 1 is 1.04 bits per heavy atom. The zero-order valence-corrected chi connectivity index (χ0v) is 16.6. The van der Waals surface area contributed by atoms with Gasteiger partial charge in [0.05, 0.1) is 0 Å². The van der Waals surface area contributed by atoms with E-state index in [1.807, 2.05) is 36.1 Å². The van der Waals surface area contributed by atoms with E-state index in [0.717, 1.165) is 37.9 Å². The van der Waals surface area contributed by atoms with E-state index in [4.69, 9.17) is 23.2 Å². The molecule has 0 N–H and O–H groups in total. The number of carbonyl (C=O) groups excluding carboxylic acids is 2. The average Bonchev–Trinajstić information content (AvgIpc) is 2.66. The molecule has 0 bridgehead atoms. The van der Waals surface area contributed by atoms with E-state index in [1.165, 1.54) is 17.0 Å². The lowest BCUT2D eigenvalue weighted by Crippen LogP contribution is -2.45. The summed E-state index contributed by atoms with van der Waals surface area (Å²) in [7, 11) is 0. The lowest BCUT2D eigenvalue weighted by atomic mass is 10.1. The fraction of sp³-hybridized carbons (Fsp3) is 0.350. The summed E-state index contributed by atoms with van der Waals surface area (Å²) in [6.45, 7) is 3.42. The maximum absolute atomic E-state index is 13.2. The molecule has 142 valence electrons. The molecular weight excluding hydrogens is 385 g/mol. The van der Waals surface area contributed by atoms with Crippen LogP contribution >= 0.6 is 23.2 Å². The quantitative estimate of drug-likeness (QED) is 0.710. The standard InChI is InChI=1S/C20H21Cl2N3O2/c1-14-5-7-16(8-6-14)25(13-19(26)24-9-3-2-4-10-24)20(27)15-11-17(21)23-18(22)12-15/h5-8,11-12H,2-4,9-10,13H2,1H3. The normalized spacial score (nSPS) is 14.1. The third kappa shape index (κ3) is 4.99. The number of aromatic nitrogens is 1. The lowest BCUT2D eigenvalue weighted by Gasteiger charge is -2.30. The molecule has 0 saturated carbocycles. The van der Waals surface area contributed by atoms with Gasteiger partial charge in [0.2, 0.25) is 5.91 Å². The van der Waals surface area contributed by atoms with Crippen LogP contribution in [0.2, 0.25) is 10.3 Å². The van der Waals surface area contributed by atoms with Crippen molar-refractivity contribution in [1.82, 2.24) is 9.88 Å². The number of nitrogens with zero attached hydrogens (tertiary/aromatic N) is 3. The minimum Gasteiger partial charge on any atom is -0.341 e. The van der Waals surface area contributed by atoms with Crippen molar-refractivity contribution in [3.8, 4) is 0 Å². The summed E-state index contributed by atoms with van der Waals surface area (Å²) in [5.74, 6) is -0.398. The first-order valence-electron chi connectivity index (χ1n) is 8.93. The Hall–Kier alpha value is -2.11. The number of pyridine rings is 1. The number of amides is 2. The van der Waals surface area contributed by atoms with Crippen molar-refractivity contribution in [1.29, 1.82) is 0 Å². The van der Waals surface area contributed by atoms with E-state index in [9.17, 15) is 9.59 Å². The third-order valence-corrected chi connectivity index (χ3v) is 4.99. The number of likely N-dealkylation sites (tertiary alicyclic amines) is 1. The molecule has 2 amide bonds. The number of aryl methyl sites for hydroxylation is 1. The summed E-state index contributed by atoms with van der Waals surface area (Å²) in [4.78, 5) is 33.1. The molecule has 0 atom stereocenters. The molecule has 0 aliphatic carbocycles. The van der Waals surface area contributed by atoms with Crippen LogP contribution in [-0.2, 0) is 4.79 Å². The van der Waals surface area contributed by atoms with Gasteiger partial charge in [-0.2, -0.15) is 0 Å². The molecule has 2 heterocycles. The van der Waals surface area contributed by atoms with Crippen molar-refractivity contribution in [2.45, 2.75) is 26.2 Å². The van der Waals surface area contributed by atoms with Crippen molar-refractivity contribution in [3.63, 3.8) is 0 Å². The monoisotopic (exact) mass is 405 g/mol. The Balaban J connectivity index is 1.90. The zero-order chi connectivity index (χ0) is 19.4. The van der Waals surface area contributed by atoms with Gasteiger partial charge in [-0.15, -0.1) is 0 Å². The number of halogens is 2. The van der Waals surface area contributed by atoms with Gasteiger partial charge in [-0.25, -0.2) is 4.98 Å². The molecule has 1 aromatic heterocycles. The molecule has 0 spiro atoms. The number of benzene rings is 1. The van der Waals surface area contributed by atoms with Gasteiger partial charge in [-0.1, -0.05) is 40.9 Å². The van der Waals surface area contributed by atoms with Crippen LogP contribution in [-0.4, -0.2) is 41.3 Å². The van der Waals surface area contributed by atoms with Crippen molar-refractivity contribution in [2.75, 3.05) is 24.5 Å². The Morgan fingerprint density at radius 2 is 1.63 bits per heavy atom. The second-order valence-electron chi connectivity index (χ2n) is 6.67. The van der Waals surface area contributed by atoms with Gasteiger partial charge < -0.3 is 4.90 Å². The fourth-order valence-corrected chi connectivity index (χ4v) is 3.59. The number of piperidine rings is 1. The number of rotatable bonds is 4. The molecule has 7 heteroatoms. The molecule has 0 radical (unpaired) electrons.